The summed E-state index contributed by atoms with van der Waals surface area (Å²) in [6, 6.07) is 2.35. The van der Waals surface area contributed by atoms with Gasteiger partial charge < -0.3 is 0 Å². The largest absolute Gasteiger partial charge is 0.198 e. The third-order valence-corrected chi connectivity index (χ3v) is 2.60. The van der Waals surface area contributed by atoms with Gasteiger partial charge in [0.2, 0.25) is 0 Å². The Morgan fingerprint density at radius 3 is 2.40 bits per heavy atom. The number of nitrogens with zero attached hydrogens (tertiary/aromatic N) is 1. The third kappa shape index (κ3) is 1.50. The second-order valence-corrected chi connectivity index (χ2v) is 3.64. The monoisotopic (exact) mass is 137 g/mol. The fourth-order valence-electron chi connectivity index (χ4n) is 1.74. The molecule has 1 saturated carbocycles. The van der Waals surface area contributed by atoms with Crippen LogP contribution in [0.25, 0.3) is 0 Å². The van der Waals surface area contributed by atoms with Crippen LogP contribution in [-0.2, 0) is 0 Å². The third-order valence-electron chi connectivity index (χ3n) is 2.60. The Morgan fingerprint density at radius 1 is 1.40 bits per heavy atom. The van der Waals surface area contributed by atoms with E-state index in [2.05, 4.69) is 19.9 Å². The van der Waals surface area contributed by atoms with Crippen LogP contribution in [-0.4, -0.2) is 0 Å². The molecular formula is C9H15N. The van der Waals surface area contributed by atoms with Gasteiger partial charge in [-0.3, -0.25) is 0 Å². The Morgan fingerprint density at radius 2 is 2.10 bits per heavy atom. The van der Waals surface area contributed by atoms with Gasteiger partial charge in [0.05, 0.1) is 6.07 Å². The Labute approximate surface area is 63.0 Å². The predicted molar refractivity (Wildman–Crippen MR) is 41.3 cm³/mol. The molecule has 1 nitrogen and oxygen atoms in total. The van der Waals surface area contributed by atoms with E-state index in [1.807, 2.05) is 0 Å². The molecule has 0 unspecified atom stereocenters. The minimum absolute atomic E-state index is 0.368. The molecule has 0 heterocycles. The van der Waals surface area contributed by atoms with Gasteiger partial charge in [-0.15, -0.1) is 0 Å². The molecule has 0 bridgehead atoms. The molecule has 10 heavy (non-hydrogen) atoms. The molecule has 1 aliphatic carbocycles. The van der Waals surface area contributed by atoms with Crippen LogP contribution < -0.4 is 0 Å². The molecule has 1 aliphatic rings. The van der Waals surface area contributed by atoms with E-state index in [9.17, 15) is 0 Å². The molecule has 1 fully saturated rings. The summed E-state index contributed by atoms with van der Waals surface area (Å²) in [7, 11) is 0. The highest BCUT2D eigenvalue weighted by molar-refractivity contribution is 4.90. The molecule has 0 saturated heterocycles. The predicted octanol–water partition coefficient (Wildman–Crippen LogP) is 2.58. The molecule has 0 aromatic carbocycles. The van der Waals surface area contributed by atoms with E-state index in [1.54, 1.807) is 0 Å². The maximum absolute atomic E-state index is 8.62. The molecule has 56 valence electrons. The fourth-order valence-corrected chi connectivity index (χ4v) is 1.74. The van der Waals surface area contributed by atoms with Crippen LogP contribution in [0, 0.1) is 29.1 Å². The number of hydrogen-bond donors (Lipinski definition) is 0. The lowest BCUT2D eigenvalue weighted by atomic mass is 9.94. The summed E-state index contributed by atoms with van der Waals surface area (Å²) in [4.78, 5) is 0. The minimum Gasteiger partial charge on any atom is -0.198 e. The van der Waals surface area contributed by atoms with E-state index in [1.165, 1.54) is 6.42 Å². The van der Waals surface area contributed by atoms with Gasteiger partial charge in [-0.1, -0.05) is 13.8 Å². The standard InChI is InChI=1S/C9H15N/c1-7(2)9-4-3-8(5-9)6-10/h7-9H,3-5H2,1-2H3/t8-,9-/m1/s1. The van der Waals surface area contributed by atoms with E-state index in [0.717, 1.165) is 24.7 Å². The van der Waals surface area contributed by atoms with Crippen LogP contribution in [0.15, 0.2) is 0 Å². The second kappa shape index (κ2) is 3.05. The first-order valence-corrected chi connectivity index (χ1v) is 4.13. The van der Waals surface area contributed by atoms with Crippen LogP contribution in [0.4, 0.5) is 0 Å². The summed E-state index contributed by atoms with van der Waals surface area (Å²) in [5.74, 6) is 1.97. The van der Waals surface area contributed by atoms with E-state index in [-0.39, 0.29) is 0 Å². The molecule has 0 aliphatic heterocycles. The number of hydrogen-bond acceptors (Lipinski definition) is 1. The van der Waals surface area contributed by atoms with Crippen molar-refractivity contribution in [1.29, 1.82) is 5.26 Å². The first-order chi connectivity index (χ1) is 4.74. The number of rotatable bonds is 1. The lowest BCUT2D eigenvalue weighted by Gasteiger charge is -2.11. The first kappa shape index (κ1) is 7.60. The molecule has 0 N–H and O–H groups in total. The SMILES string of the molecule is CC(C)[C@@H]1CC[C@@H](C#N)C1. The van der Waals surface area contributed by atoms with Crippen LogP contribution in [0.2, 0.25) is 0 Å². The minimum atomic E-state index is 0.368. The van der Waals surface area contributed by atoms with Crippen molar-refractivity contribution in [2.45, 2.75) is 33.1 Å². The van der Waals surface area contributed by atoms with E-state index >= 15 is 0 Å². The van der Waals surface area contributed by atoms with Gasteiger partial charge in [-0.25, -0.2) is 0 Å². The lowest BCUT2D eigenvalue weighted by molar-refractivity contribution is 0.390. The zero-order valence-corrected chi connectivity index (χ0v) is 6.80. The zero-order chi connectivity index (χ0) is 7.56. The van der Waals surface area contributed by atoms with Crippen molar-refractivity contribution in [2.24, 2.45) is 17.8 Å². The Balaban J connectivity index is 2.37. The van der Waals surface area contributed by atoms with Crippen molar-refractivity contribution < 1.29 is 0 Å². The van der Waals surface area contributed by atoms with Gasteiger partial charge in [0.15, 0.2) is 0 Å². The normalized spacial score (nSPS) is 32.6. The second-order valence-electron chi connectivity index (χ2n) is 3.64. The van der Waals surface area contributed by atoms with Crippen molar-refractivity contribution in [2.75, 3.05) is 0 Å². The maximum atomic E-state index is 8.62. The highest BCUT2D eigenvalue weighted by Crippen LogP contribution is 2.34. The van der Waals surface area contributed by atoms with Gasteiger partial charge in [0, 0.05) is 5.92 Å². The van der Waals surface area contributed by atoms with E-state index in [0.29, 0.717) is 5.92 Å². The van der Waals surface area contributed by atoms with Crippen LogP contribution in [0.1, 0.15) is 33.1 Å². The molecule has 0 spiro atoms. The summed E-state index contributed by atoms with van der Waals surface area (Å²) < 4.78 is 0. The Kier molecular flexibility index (Phi) is 2.32. The summed E-state index contributed by atoms with van der Waals surface area (Å²) in [5, 5.41) is 8.62. The topological polar surface area (TPSA) is 23.8 Å². The molecule has 0 aromatic rings. The van der Waals surface area contributed by atoms with Crippen LogP contribution in [0.5, 0.6) is 0 Å². The molecule has 1 rings (SSSR count). The average molecular weight is 137 g/mol. The smallest absolute Gasteiger partial charge is 0.0655 e. The Hall–Kier alpha value is -0.510. The highest BCUT2D eigenvalue weighted by Gasteiger charge is 2.26. The maximum Gasteiger partial charge on any atom is 0.0655 e. The fraction of sp³-hybridized carbons (Fsp3) is 0.889. The van der Waals surface area contributed by atoms with Crippen molar-refractivity contribution in [3.8, 4) is 6.07 Å². The molecule has 2 atom stereocenters. The average Bonchev–Trinajstić information content (AvgIpc) is 2.34. The van der Waals surface area contributed by atoms with Crippen molar-refractivity contribution in [1.82, 2.24) is 0 Å². The zero-order valence-electron chi connectivity index (χ0n) is 6.80. The van der Waals surface area contributed by atoms with Crippen molar-refractivity contribution in [3.63, 3.8) is 0 Å². The van der Waals surface area contributed by atoms with Gasteiger partial charge in [0.25, 0.3) is 0 Å². The van der Waals surface area contributed by atoms with Crippen molar-refractivity contribution >= 4 is 0 Å². The van der Waals surface area contributed by atoms with E-state index < -0.39 is 0 Å². The molecule has 1 heteroatoms. The van der Waals surface area contributed by atoms with Crippen molar-refractivity contribution in [3.05, 3.63) is 0 Å². The summed E-state index contributed by atoms with van der Waals surface area (Å²) in [6.07, 6.45) is 3.56. The summed E-state index contributed by atoms with van der Waals surface area (Å²) >= 11 is 0. The van der Waals surface area contributed by atoms with Gasteiger partial charge in [-0.2, -0.15) is 5.26 Å². The summed E-state index contributed by atoms with van der Waals surface area (Å²) in [6.45, 7) is 4.51. The molecule has 0 radical (unpaired) electrons. The van der Waals surface area contributed by atoms with E-state index in [4.69, 9.17) is 5.26 Å². The molecular weight excluding hydrogens is 122 g/mol. The number of nitriles is 1. The van der Waals surface area contributed by atoms with Gasteiger partial charge in [-0.05, 0) is 31.1 Å². The van der Waals surface area contributed by atoms with Gasteiger partial charge in [0.1, 0.15) is 0 Å². The summed E-state index contributed by atoms with van der Waals surface area (Å²) in [5.41, 5.74) is 0. The lowest BCUT2D eigenvalue weighted by Crippen LogP contribution is -2.03. The van der Waals surface area contributed by atoms with Gasteiger partial charge >= 0.3 is 0 Å². The van der Waals surface area contributed by atoms with Crippen LogP contribution in [0.3, 0.4) is 0 Å². The molecule has 0 amide bonds. The Bertz CT molecular complexity index is 143. The first-order valence-electron chi connectivity index (χ1n) is 4.13. The highest BCUT2D eigenvalue weighted by atomic mass is 14.3. The quantitative estimate of drug-likeness (QED) is 0.545. The molecule has 0 aromatic heterocycles. The van der Waals surface area contributed by atoms with Crippen LogP contribution >= 0.6 is 0 Å².